The minimum absolute atomic E-state index is 0.829. The highest BCUT2D eigenvalue weighted by Gasteiger charge is 1.98. The lowest BCUT2D eigenvalue weighted by Gasteiger charge is -2.03. The molecular formula is C28H30N2. The van der Waals surface area contributed by atoms with E-state index in [0.29, 0.717) is 0 Å². The number of azo groups is 1. The number of nitrogens with zero attached hydrogens (tertiary/aromatic N) is 2. The van der Waals surface area contributed by atoms with Crippen molar-refractivity contribution in [3.05, 3.63) is 133 Å². The van der Waals surface area contributed by atoms with Crippen LogP contribution in [0.4, 0.5) is 11.4 Å². The molecule has 0 heterocycles. The summed E-state index contributed by atoms with van der Waals surface area (Å²) < 4.78 is 0. The van der Waals surface area contributed by atoms with Crippen molar-refractivity contribution in [2.75, 3.05) is 0 Å². The Morgan fingerprint density at radius 3 is 1.70 bits per heavy atom. The molecule has 0 amide bonds. The maximum Gasteiger partial charge on any atom is 0.0857 e. The first-order chi connectivity index (χ1) is 14.8. The Labute approximate surface area is 181 Å². The summed E-state index contributed by atoms with van der Waals surface area (Å²) in [6.45, 7) is 11.6. The third-order valence-corrected chi connectivity index (χ3v) is 4.41. The van der Waals surface area contributed by atoms with E-state index in [1.165, 1.54) is 16.7 Å². The first-order valence-corrected chi connectivity index (χ1v) is 10.3. The Balaban J connectivity index is 0.00000155. The summed E-state index contributed by atoms with van der Waals surface area (Å²) in [4.78, 5) is 0. The summed E-state index contributed by atoms with van der Waals surface area (Å²) in [5, 5.41) is 8.69. The molecule has 0 bridgehead atoms. The van der Waals surface area contributed by atoms with Gasteiger partial charge in [-0.15, -0.1) is 0 Å². The quantitative estimate of drug-likeness (QED) is 0.270. The summed E-state index contributed by atoms with van der Waals surface area (Å²) in [5.74, 6) is 0. The van der Waals surface area contributed by atoms with Crippen molar-refractivity contribution in [3.8, 4) is 0 Å². The first kappa shape index (κ1) is 22.8. The molecule has 3 aromatic carbocycles. The van der Waals surface area contributed by atoms with Gasteiger partial charge in [-0.1, -0.05) is 99.8 Å². The summed E-state index contributed by atoms with van der Waals surface area (Å²) in [6.07, 6.45) is 7.37. The molecule has 152 valence electrons. The molecule has 0 radical (unpaired) electrons. The minimum atomic E-state index is 0.829. The van der Waals surface area contributed by atoms with E-state index in [1.807, 2.05) is 56.3 Å². The lowest BCUT2D eigenvalue weighted by Crippen LogP contribution is -1.86. The smallest absolute Gasteiger partial charge is 0.0857 e. The van der Waals surface area contributed by atoms with E-state index in [1.54, 1.807) is 6.08 Å². The molecule has 0 atom stereocenters. The van der Waals surface area contributed by atoms with Gasteiger partial charge in [0.1, 0.15) is 0 Å². The van der Waals surface area contributed by atoms with Crippen LogP contribution >= 0.6 is 0 Å². The number of allylic oxidation sites excluding steroid dienone is 4. The number of rotatable bonds is 8. The largest absolute Gasteiger partial charge is 0.151 e. The van der Waals surface area contributed by atoms with Gasteiger partial charge in [-0.3, -0.25) is 0 Å². The van der Waals surface area contributed by atoms with Crippen LogP contribution in [0.3, 0.4) is 0 Å². The second-order valence-corrected chi connectivity index (χ2v) is 6.55. The predicted octanol–water partition coefficient (Wildman–Crippen LogP) is 8.56. The number of benzene rings is 3. The van der Waals surface area contributed by atoms with Gasteiger partial charge in [-0.2, -0.15) is 10.2 Å². The van der Waals surface area contributed by atoms with Gasteiger partial charge in [0, 0.05) is 0 Å². The standard InChI is InChI=1S/C26H24N2.C2H6/c1-3-8-21(4-2)19-23-11-15-25(16-12-23)27-28-26-17-13-24(14-18-26)20-22-9-6-5-7-10-22;1-2/h3-18H,1-2,19-20H2;1-2H3/b21-8+,28-27?;. The molecule has 0 saturated carbocycles. The molecule has 3 aromatic rings. The van der Waals surface area contributed by atoms with Gasteiger partial charge in [0.05, 0.1) is 11.4 Å². The third-order valence-electron chi connectivity index (χ3n) is 4.41. The van der Waals surface area contributed by atoms with Crippen LogP contribution in [-0.2, 0) is 12.8 Å². The van der Waals surface area contributed by atoms with Crippen molar-refractivity contribution in [3.63, 3.8) is 0 Å². The molecule has 0 aliphatic heterocycles. The van der Waals surface area contributed by atoms with Gasteiger partial charge < -0.3 is 0 Å². The third kappa shape index (κ3) is 7.48. The van der Waals surface area contributed by atoms with Crippen molar-refractivity contribution in [1.82, 2.24) is 0 Å². The van der Waals surface area contributed by atoms with E-state index >= 15 is 0 Å². The van der Waals surface area contributed by atoms with E-state index in [0.717, 1.165) is 29.8 Å². The van der Waals surface area contributed by atoms with Crippen LogP contribution in [0.25, 0.3) is 0 Å². The molecule has 0 N–H and O–H groups in total. The van der Waals surface area contributed by atoms with Crippen molar-refractivity contribution < 1.29 is 0 Å². The maximum absolute atomic E-state index is 4.35. The van der Waals surface area contributed by atoms with Gasteiger partial charge >= 0.3 is 0 Å². The van der Waals surface area contributed by atoms with Gasteiger partial charge in [0.2, 0.25) is 0 Å². The molecule has 0 aliphatic carbocycles. The lowest BCUT2D eigenvalue weighted by molar-refractivity contribution is 1.17. The molecular weight excluding hydrogens is 364 g/mol. The highest BCUT2D eigenvalue weighted by Crippen LogP contribution is 2.21. The topological polar surface area (TPSA) is 24.7 Å². The van der Waals surface area contributed by atoms with E-state index in [9.17, 15) is 0 Å². The van der Waals surface area contributed by atoms with Crippen molar-refractivity contribution in [2.45, 2.75) is 26.7 Å². The number of hydrogen-bond acceptors (Lipinski definition) is 2. The number of hydrogen-bond donors (Lipinski definition) is 0. The van der Waals surface area contributed by atoms with Crippen molar-refractivity contribution in [1.29, 1.82) is 0 Å². The fourth-order valence-electron chi connectivity index (χ4n) is 2.89. The maximum atomic E-state index is 4.35. The van der Waals surface area contributed by atoms with Crippen LogP contribution in [0.1, 0.15) is 30.5 Å². The molecule has 3 rings (SSSR count). The van der Waals surface area contributed by atoms with Crippen LogP contribution in [0.5, 0.6) is 0 Å². The molecule has 0 spiro atoms. The Morgan fingerprint density at radius 2 is 1.20 bits per heavy atom. The fourth-order valence-corrected chi connectivity index (χ4v) is 2.89. The average Bonchev–Trinajstić information content (AvgIpc) is 2.81. The van der Waals surface area contributed by atoms with Crippen LogP contribution in [0.15, 0.2) is 126 Å². The highest BCUT2D eigenvalue weighted by atomic mass is 15.1. The molecule has 0 saturated heterocycles. The first-order valence-electron chi connectivity index (χ1n) is 10.3. The van der Waals surface area contributed by atoms with Gasteiger partial charge in [0.25, 0.3) is 0 Å². The second-order valence-electron chi connectivity index (χ2n) is 6.55. The van der Waals surface area contributed by atoms with E-state index in [2.05, 4.69) is 71.9 Å². The zero-order valence-corrected chi connectivity index (χ0v) is 18.0. The summed E-state index contributed by atoms with van der Waals surface area (Å²) >= 11 is 0. The van der Waals surface area contributed by atoms with Crippen LogP contribution in [0, 0.1) is 0 Å². The molecule has 30 heavy (non-hydrogen) atoms. The molecule has 2 heteroatoms. The normalized spacial score (nSPS) is 10.9. The van der Waals surface area contributed by atoms with E-state index < -0.39 is 0 Å². The van der Waals surface area contributed by atoms with Gasteiger partial charge in [-0.05, 0) is 59.4 Å². The lowest BCUT2D eigenvalue weighted by atomic mass is 10.0. The Morgan fingerprint density at radius 1 is 0.700 bits per heavy atom. The van der Waals surface area contributed by atoms with Crippen LogP contribution in [-0.4, -0.2) is 0 Å². The minimum Gasteiger partial charge on any atom is -0.151 e. The Bertz CT molecular complexity index is 963. The Kier molecular flexibility index (Phi) is 9.75. The fraction of sp³-hybridized carbons (Fsp3) is 0.143. The summed E-state index contributed by atoms with van der Waals surface area (Å²) in [5.41, 5.74) is 6.60. The molecule has 2 nitrogen and oxygen atoms in total. The van der Waals surface area contributed by atoms with E-state index in [-0.39, 0.29) is 0 Å². The van der Waals surface area contributed by atoms with Gasteiger partial charge in [0.15, 0.2) is 0 Å². The van der Waals surface area contributed by atoms with Gasteiger partial charge in [-0.25, -0.2) is 0 Å². The zero-order chi connectivity index (χ0) is 21.6. The van der Waals surface area contributed by atoms with Crippen LogP contribution in [0.2, 0.25) is 0 Å². The summed E-state index contributed by atoms with van der Waals surface area (Å²) in [6, 6.07) is 26.8. The van der Waals surface area contributed by atoms with E-state index in [4.69, 9.17) is 0 Å². The highest BCUT2D eigenvalue weighted by molar-refractivity contribution is 5.43. The molecule has 0 aliphatic rings. The average molecular weight is 395 g/mol. The van der Waals surface area contributed by atoms with Crippen molar-refractivity contribution >= 4 is 11.4 Å². The monoisotopic (exact) mass is 394 g/mol. The zero-order valence-electron chi connectivity index (χ0n) is 18.0. The predicted molar refractivity (Wildman–Crippen MR) is 130 cm³/mol. The molecule has 0 aromatic heterocycles. The van der Waals surface area contributed by atoms with Crippen molar-refractivity contribution in [2.24, 2.45) is 10.2 Å². The SMILES string of the molecule is C=C/C=C(\C=C)Cc1ccc(N=Nc2ccc(Cc3ccccc3)cc2)cc1.CC. The summed E-state index contributed by atoms with van der Waals surface area (Å²) in [7, 11) is 0. The van der Waals surface area contributed by atoms with Crippen LogP contribution < -0.4 is 0 Å². The second kappa shape index (κ2) is 12.8. The Hall–Kier alpha value is -3.52. The molecule has 0 unspecified atom stereocenters. The molecule has 0 fully saturated rings.